The van der Waals surface area contributed by atoms with E-state index in [-0.39, 0.29) is 6.04 Å². The van der Waals surface area contributed by atoms with Crippen LogP contribution in [0.15, 0.2) is 12.1 Å². The molecule has 0 saturated heterocycles. The first kappa shape index (κ1) is 15.9. The minimum absolute atomic E-state index is 0.187. The van der Waals surface area contributed by atoms with Gasteiger partial charge in [0, 0.05) is 19.2 Å². The molecule has 0 bridgehead atoms. The molecule has 1 heterocycles. The molecule has 2 aromatic rings. The summed E-state index contributed by atoms with van der Waals surface area (Å²) in [5, 5.41) is 0. The number of aromatic nitrogens is 2. The van der Waals surface area contributed by atoms with Crippen molar-refractivity contribution in [1.29, 1.82) is 0 Å². The molecule has 1 aromatic carbocycles. The predicted molar refractivity (Wildman–Crippen MR) is 83.6 cm³/mol. The monoisotopic (exact) mass is 312 g/mol. The fraction of sp³-hybridized carbons (Fsp3) is 0.533. The first-order chi connectivity index (χ1) is 10.2. The molecule has 1 unspecified atom stereocenters. The first-order valence-electron chi connectivity index (χ1n) is 6.87. The lowest BCUT2D eigenvalue weighted by molar-refractivity contribution is 0.153. The standard InChI is InChI=1S/C15H21ClN2O3/c1-5-10(9-19-2)18-12-7-14(21-4)13(20-3)6-11(12)17-15(18)8-16/h6-7,10H,5,8-9H2,1-4H3. The first-order valence-corrected chi connectivity index (χ1v) is 7.41. The summed E-state index contributed by atoms with van der Waals surface area (Å²) < 4.78 is 18.2. The van der Waals surface area contributed by atoms with E-state index in [1.165, 1.54) is 0 Å². The van der Waals surface area contributed by atoms with Gasteiger partial charge in [0.15, 0.2) is 11.5 Å². The van der Waals surface area contributed by atoms with Crippen LogP contribution >= 0.6 is 11.6 Å². The van der Waals surface area contributed by atoms with E-state index in [2.05, 4.69) is 16.5 Å². The summed E-state index contributed by atoms with van der Waals surface area (Å²) in [5.74, 6) is 2.51. The van der Waals surface area contributed by atoms with E-state index in [9.17, 15) is 0 Å². The van der Waals surface area contributed by atoms with Gasteiger partial charge in [0.05, 0.1) is 43.8 Å². The Bertz CT molecular complexity index is 612. The maximum absolute atomic E-state index is 6.07. The van der Waals surface area contributed by atoms with Gasteiger partial charge in [-0.25, -0.2) is 4.98 Å². The smallest absolute Gasteiger partial charge is 0.163 e. The molecule has 0 aliphatic heterocycles. The van der Waals surface area contributed by atoms with Gasteiger partial charge in [-0.15, -0.1) is 11.6 Å². The van der Waals surface area contributed by atoms with Gasteiger partial charge >= 0.3 is 0 Å². The van der Waals surface area contributed by atoms with Crippen LogP contribution in [0.4, 0.5) is 0 Å². The number of benzene rings is 1. The second kappa shape index (κ2) is 7.00. The lowest BCUT2D eigenvalue weighted by Crippen LogP contribution is -2.16. The van der Waals surface area contributed by atoms with E-state index >= 15 is 0 Å². The molecule has 2 rings (SSSR count). The van der Waals surface area contributed by atoms with Crippen molar-refractivity contribution in [1.82, 2.24) is 9.55 Å². The van der Waals surface area contributed by atoms with Gasteiger partial charge in [0.2, 0.25) is 0 Å². The molecule has 0 spiro atoms. The lowest BCUT2D eigenvalue weighted by Gasteiger charge is -2.19. The van der Waals surface area contributed by atoms with Gasteiger partial charge in [-0.2, -0.15) is 0 Å². The van der Waals surface area contributed by atoms with Crippen LogP contribution < -0.4 is 9.47 Å². The van der Waals surface area contributed by atoms with Crippen LogP contribution in [0.25, 0.3) is 11.0 Å². The van der Waals surface area contributed by atoms with Crippen LogP contribution in [0, 0.1) is 0 Å². The summed E-state index contributed by atoms with van der Waals surface area (Å²) in [4.78, 5) is 4.61. The van der Waals surface area contributed by atoms with Gasteiger partial charge < -0.3 is 18.8 Å². The Morgan fingerprint density at radius 1 is 1.19 bits per heavy atom. The molecule has 116 valence electrons. The topological polar surface area (TPSA) is 45.5 Å². The number of hydrogen-bond donors (Lipinski definition) is 0. The Hall–Kier alpha value is -1.46. The molecule has 1 atom stereocenters. The Kier molecular flexibility index (Phi) is 5.31. The maximum atomic E-state index is 6.07. The molecule has 1 aromatic heterocycles. The van der Waals surface area contributed by atoms with Crippen LogP contribution in [0.5, 0.6) is 11.5 Å². The second-order valence-electron chi connectivity index (χ2n) is 4.74. The molecule has 6 heteroatoms. The Labute approximate surface area is 129 Å². The zero-order chi connectivity index (χ0) is 15.4. The Morgan fingerprint density at radius 3 is 2.38 bits per heavy atom. The minimum Gasteiger partial charge on any atom is -0.493 e. The van der Waals surface area contributed by atoms with Gasteiger partial charge in [-0.1, -0.05) is 6.92 Å². The van der Waals surface area contributed by atoms with Crippen molar-refractivity contribution in [2.45, 2.75) is 25.3 Å². The molecular formula is C15H21ClN2O3. The molecule has 0 radical (unpaired) electrons. The highest BCUT2D eigenvalue weighted by atomic mass is 35.5. The number of ether oxygens (including phenoxy) is 3. The number of halogens is 1. The third-order valence-corrected chi connectivity index (χ3v) is 3.82. The summed E-state index contributed by atoms with van der Waals surface area (Å²) >= 11 is 6.07. The highest BCUT2D eigenvalue weighted by Crippen LogP contribution is 2.34. The van der Waals surface area contributed by atoms with Crippen molar-refractivity contribution in [3.8, 4) is 11.5 Å². The maximum Gasteiger partial charge on any atom is 0.163 e. The van der Waals surface area contributed by atoms with E-state index in [1.54, 1.807) is 21.3 Å². The zero-order valence-corrected chi connectivity index (χ0v) is 13.6. The molecule has 0 fully saturated rings. The van der Waals surface area contributed by atoms with Gasteiger partial charge in [0.1, 0.15) is 5.82 Å². The molecule has 0 aliphatic carbocycles. The van der Waals surface area contributed by atoms with Gasteiger partial charge in [-0.05, 0) is 6.42 Å². The van der Waals surface area contributed by atoms with Crippen molar-refractivity contribution in [2.24, 2.45) is 0 Å². The zero-order valence-electron chi connectivity index (χ0n) is 12.9. The number of fused-ring (bicyclic) bond motifs is 1. The van der Waals surface area contributed by atoms with Crippen LogP contribution in [0.2, 0.25) is 0 Å². The molecule has 21 heavy (non-hydrogen) atoms. The van der Waals surface area contributed by atoms with E-state index in [0.29, 0.717) is 24.0 Å². The second-order valence-corrected chi connectivity index (χ2v) is 5.01. The minimum atomic E-state index is 0.187. The normalized spacial score (nSPS) is 12.6. The van der Waals surface area contributed by atoms with Crippen LogP contribution in [-0.2, 0) is 10.6 Å². The summed E-state index contributed by atoms with van der Waals surface area (Å²) in [6.45, 7) is 2.73. The number of rotatable bonds is 7. The Morgan fingerprint density at radius 2 is 1.86 bits per heavy atom. The summed E-state index contributed by atoms with van der Waals surface area (Å²) in [7, 11) is 4.94. The molecule has 0 N–H and O–H groups in total. The fourth-order valence-corrected chi connectivity index (χ4v) is 2.73. The van der Waals surface area contributed by atoms with Crippen molar-refractivity contribution in [2.75, 3.05) is 27.9 Å². The van der Waals surface area contributed by atoms with Crippen molar-refractivity contribution < 1.29 is 14.2 Å². The van der Waals surface area contributed by atoms with Crippen molar-refractivity contribution in [3.63, 3.8) is 0 Å². The van der Waals surface area contributed by atoms with Crippen LogP contribution in [0.3, 0.4) is 0 Å². The molecule has 0 aliphatic rings. The van der Waals surface area contributed by atoms with Crippen molar-refractivity contribution >= 4 is 22.6 Å². The van der Waals surface area contributed by atoms with Crippen LogP contribution in [0.1, 0.15) is 25.2 Å². The fourth-order valence-electron chi connectivity index (χ4n) is 2.54. The average molecular weight is 313 g/mol. The lowest BCUT2D eigenvalue weighted by atomic mass is 10.2. The number of hydrogen-bond acceptors (Lipinski definition) is 4. The summed E-state index contributed by atoms with van der Waals surface area (Å²) in [5.41, 5.74) is 1.82. The van der Waals surface area contributed by atoms with E-state index in [4.69, 9.17) is 25.8 Å². The van der Waals surface area contributed by atoms with Gasteiger partial charge in [-0.3, -0.25) is 0 Å². The average Bonchev–Trinajstić information content (AvgIpc) is 2.88. The third kappa shape index (κ3) is 2.94. The summed E-state index contributed by atoms with van der Waals surface area (Å²) in [6, 6.07) is 4.00. The highest BCUT2D eigenvalue weighted by molar-refractivity contribution is 6.16. The van der Waals surface area contributed by atoms with Crippen LogP contribution in [-0.4, -0.2) is 37.5 Å². The van der Waals surface area contributed by atoms with E-state index in [1.807, 2.05) is 12.1 Å². The molecule has 0 amide bonds. The quantitative estimate of drug-likeness (QED) is 0.735. The number of alkyl halides is 1. The van der Waals surface area contributed by atoms with E-state index < -0.39 is 0 Å². The molecular weight excluding hydrogens is 292 g/mol. The number of imidazole rings is 1. The summed E-state index contributed by atoms with van der Waals surface area (Å²) in [6.07, 6.45) is 0.928. The SMILES string of the molecule is CCC(COC)n1c(CCl)nc2cc(OC)c(OC)cc21. The molecule has 0 saturated carbocycles. The largest absolute Gasteiger partial charge is 0.493 e. The highest BCUT2D eigenvalue weighted by Gasteiger charge is 2.19. The Balaban J connectivity index is 2.66. The van der Waals surface area contributed by atoms with E-state index in [0.717, 1.165) is 23.3 Å². The third-order valence-electron chi connectivity index (χ3n) is 3.58. The molecule has 5 nitrogen and oxygen atoms in total. The number of nitrogens with zero attached hydrogens (tertiary/aromatic N) is 2. The predicted octanol–water partition coefficient (Wildman–Crippen LogP) is 3.39. The van der Waals surface area contributed by atoms with Gasteiger partial charge in [0.25, 0.3) is 0 Å². The van der Waals surface area contributed by atoms with Crippen molar-refractivity contribution in [3.05, 3.63) is 18.0 Å². The number of methoxy groups -OCH3 is 3.